The number of carbonyl (C=O) groups is 4. The van der Waals surface area contributed by atoms with Gasteiger partial charge >= 0.3 is 5.97 Å². The number of carbonyl (C=O) groups excluding carboxylic acids is 3. The Morgan fingerprint density at radius 1 is 0.944 bits per heavy atom. The molecule has 0 saturated heterocycles. The first-order chi connectivity index (χ1) is 17.3. The SMILES string of the molecule is Cc1c(C(=O)Nc2ccccc2)sc(NC(=O)CSc2cccc(NC(=O)CCC(=O)O)c2)c1C#N. The van der Waals surface area contributed by atoms with Crippen LogP contribution >= 0.6 is 23.1 Å². The van der Waals surface area contributed by atoms with Crippen LogP contribution in [-0.4, -0.2) is 34.6 Å². The van der Waals surface area contributed by atoms with Crippen LogP contribution in [0.4, 0.5) is 16.4 Å². The van der Waals surface area contributed by atoms with E-state index in [9.17, 15) is 24.4 Å². The number of hydrogen-bond acceptors (Lipinski definition) is 7. The van der Waals surface area contributed by atoms with E-state index >= 15 is 0 Å². The van der Waals surface area contributed by atoms with E-state index < -0.39 is 11.9 Å². The molecular formula is C25H22N4O5S2. The Hall–Kier alpha value is -4.14. The second-order valence-corrected chi connectivity index (χ2v) is 9.57. The quantitative estimate of drug-likeness (QED) is 0.282. The third kappa shape index (κ3) is 7.43. The van der Waals surface area contributed by atoms with Crippen LogP contribution in [-0.2, 0) is 14.4 Å². The average Bonchev–Trinajstić information content (AvgIpc) is 3.17. The van der Waals surface area contributed by atoms with Gasteiger partial charge in [0.1, 0.15) is 11.1 Å². The predicted octanol–water partition coefficient (Wildman–Crippen LogP) is 4.71. The number of carboxylic acid groups (broad SMARTS) is 1. The van der Waals surface area contributed by atoms with E-state index in [1.54, 1.807) is 55.5 Å². The number of thioether (sulfide) groups is 1. The molecule has 3 amide bonds. The van der Waals surface area contributed by atoms with Gasteiger partial charge in [0.2, 0.25) is 11.8 Å². The number of nitriles is 1. The molecule has 2 aromatic carbocycles. The van der Waals surface area contributed by atoms with Crippen LogP contribution < -0.4 is 16.0 Å². The molecule has 0 bridgehead atoms. The van der Waals surface area contributed by atoms with Gasteiger partial charge < -0.3 is 21.1 Å². The number of amides is 3. The van der Waals surface area contributed by atoms with Gasteiger partial charge in [-0.05, 0) is 42.8 Å². The van der Waals surface area contributed by atoms with Gasteiger partial charge in [0.25, 0.3) is 5.91 Å². The molecule has 11 heteroatoms. The minimum Gasteiger partial charge on any atom is -0.481 e. The summed E-state index contributed by atoms with van der Waals surface area (Å²) in [6.45, 7) is 1.66. The minimum absolute atomic E-state index is 0.0315. The van der Waals surface area contributed by atoms with Crippen molar-refractivity contribution in [1.29, 1.82) is 5.26 Å². The minimum atomic E-state index is -1.05. The van der Waals surface area contributed by atoms with Crippen LogP contribution in [0.5, 0.6) is 0 Å². The van der Waals surface area contributed by atoms with Gasteiger partial charge in [0.15, 0.2) is 0 Å². The number of nitrogens with zero attached hydrogens (tertiary/aromatic N) is 1. The topological polar surface area (TPSA) is 148 Å². The lowest BCUT2D eigenvalue weighted by molar-refractivity contribution is -0.138. The molecule has 3 aromatic rings. The van der Waals surface area contributed by atoms with E-state index in [-0.39, 0.29) is 36.0 Å². The smallest absolute Gasteiger partial charge is 0.303 e. The van der Waals surface area contributed by atoms with Crippen molar-refractivity contribution in [2.75, 3.05) is 21.7 Å². The van der Waals surface area contributed by atoms with E-state index in [2.05, 4.69) is 22.0 Å². The molecule has 4 N–H and O–H groups in total. The highest BCUT2D eigenvalue weighted by atomic mass is 32.2. The highest BCUT2D eigenvalue weighted by molar-refractivity contribution is 8.00. The fourth-order valence-corrected chi connectivity index (χ4v) is 4.90. The largest absolute Gasteiger partial charge is 0.481 e. The lowest BCUT2D eigenvalue weighted by Crippen LogP contribution is -2.14. The number of hydrogen-bond donors (Lipinski definition) is 4. The van der Waals surface area contributed by atoms with E-state index in [1.165, 1.54) is 11.8 Å². The zero-order chi connectivity index (χ0) is 26.1. The molecule has 0 aliphatic carbocycles. The van der Waals surface area contributed by atoms with Gasteiger partial charge in [-0.25, -0.2) is 0 Å². The first kappa shape index (κ1) is 26.5. The Labute approximate surface area is 215 Å². The summed E-state index contributed by atoms with van der Waals surface area (Å²) in [5, 5.41) is 26.7. The summed E-state index contributed by atoms with van der Waals surface area (Å²) >= 11 is 2.26. The highest BCUT2D eigenvalue weighted by Gasteiger charge is 2.21. The van der Waals surface area contributed by atoms with Crippen molar-refractivity contribution >= 4 is 63.2 Å². The van der Waals surface area contributed by atoms with Gasteiger partial charge in [-0.2, -0.15) is 5.26 Å². The fraction of sp³-hybridized carbons (Fsp3) is 0.160. The number of aliphatic carboxylic acids is 1. The van der Waals surface area contributed by atoms with Crippen LogP contribution in [0, 0.1) is 18.3 Å². The maximum Gasteiger partial charge on any atom is 0.303 e. The predicted molar refractivity (Wildman–Crippen MR) is 139 cm³/mol. The number of carboxylic acids is 1. The van der Waals surface area contributed by atoms with Crippen LogP contribution in [0.1, 0.15) is 33.6 Å². The molecule has 0 saturated carbocycles. The third-order valence-corrected chi connectivity index (χ3v) is 7.00. The van der Waals surface area contributed by atoms with E-state index in [0.717, 1.165) is 11.3 Å². The molecule has 0 radical (unpaired) electrons. The van der Waals surface area contributed by atoms with Crippen LogP contribution in [0.15, 0.2) is 59.5 Å². The van der Waals surface area contributed by atoms with E-state index in [4.69, 9.17) is 5.11 Å². The standard InChI is InChI=1S/C25H22N4O5S2/c1-15-19(13-26)25(36-23(15)24(34)28-16-6-3-2-4-7-16)29-21(31)14-35-18-9-5-8-17(12-18)27-20(30)10-11-22(32)33/h2-9,12H,10-11,14H2,1H3,(H,27,30)(H,28,34)(H,29,31)(H,32,33). The van der Waals surface area contributed by atoms with Crippen molar-refractivity contribution in [3.63, 3.8) is 0 Å². The number of benzene rings is 2. The van der Waals surface area contributed by atoms with Crippen LogP contribution in [0.25, 0.3) is 0 Å². The summed E-state index contributed by atoms with van der Waals surface area (Å²) in [5.41, 5.74) is 1.84. The maximum atomic E-state index is 12.7. The third-order valence-electron chi connectivity index (χ3n) is 4.80. The van der Waals surface area contributed by atoms with Gasteiger partial charge in [-0.3, -0.25) is 19.2 Å². The Balaban J connectivity index is 1.61. The maximum absolute atomic E-state index is 12.7. The molecule has 1 heterocycles. The Morgan fingerprint density at radius 3 is 2.36 bits per heavy atom. The van der Waals surface area contributed by atoms with E-state index in [1.807, 2.05) is 6.07 Å². The summed E-state index contributed by atoms with van der Waals surface area (Å²) in [6.07, 6.45) is -0.398. The number of nitrogens with one attached hydrogen (secondary N) is 3. The van der Waals surface area contributed by atoms with Crippen molar-refractivity contribution in [2.45, 2.75) is 24.7 Å². The second kappa shape index (κ2) is 12.5. The lowest BCUT2D eigenvalue weighted by atomic mass is 10.1. The Bertz CT molecular complexity index is 1330. The number of thiophene rings is 1. The molecule has 0 spiro atoms. The molecule has 0 aliphatic heterocycles. The average molecular weight is 523 g/mol. The van der Waals surface area contributed by atoms with Crippen LogP contribution in [0.3, 0.4) is 0 Å². The Morgan fingerprint density at radius 2 is 1.67 bits per heavy atom. The van der Waals surface area contributed by atoms with Crippen molar-refractivity contribution < 1.29 is 24.3 Å². The molecule has 1 aromatic heterocycles. The summed E-state index contributed by atoms with van der Waals surface area (Å²) in [6, 6.07) is 17.8. The normalized spacial score (nSPS) is 10.2. The first-order valence-electron chi connectivity index (χ1n) is 10.7. The molecule has 3 rings (SSSR count). The van der Waals surface area contributed by atoms with Gasteiger partial charge in [0, 0.05) is 22.7 Å². The molecular weight excluding hydrogens is 500 g/mol. The van der Waals surface area contributed by atoms with Crippen molar-refractivity contribution in [2.24, 2.45) is 0 Å². The Kier molecular flexibility index (Phi) is 9.21. The first-order valence-corrected chi connectivity index (χ1v) is 12.5. The van der Waals surface area contributed by atoms with Crippen molar-refractivity contribution in [3.05, 3.63) is 70.6 Å². The van der Waals surface area contributed by atoms with Gasteiger partial charge in [-0.1, -0.05) is 24.3 Å². The number of para-hydroxylation sites is 1. The number of anilines is 3. The lowest BCUT2D eigenvalue weighted by Gasteiger charge is -2.07. The molecule has 0 unspecified atom stereocenters. The van der Waals surface area contributed by atoms with Gasteiger partial charge in [0.05, 0.1) is 22.6 Å². The van der Waals surface area contributed by atoms with E-state index in [0.29, 0.717) is 31.7 Å². The molecule has 9 nitrogen and oxygen atoms in total. The number of rotatable bonds is 10. The summed E-state index contributed by atoms with van der Waals surface area (Å²) in [4.78, 5) is 48.8. The van der Waals surface area contributed by atoms with Gasteiger partial charge in [-0.15, -0.1) is 23.1 Å². The van der Waals surface area contributed by atoms with Crippen molar-refractivity contribution in [3.8, 4) is 6.07 Å². The molecule has 36 heavy (non-hydrogen) atoms. The summed E-state index contributed by atoms with van der Waals surface area (Å²) in [7, 11) is 0. The fourth-order valence-electron chi connectivity index (χ4n) is 3.08. The second-order valence-electron chi connectivity index (χ2n) is 7.50. The monoisotopic (exact) mass is 522 g/mol. The highest BCUT2D eigenvalue weighted by Crippen LogP contribution is 2.33. The zero-order valence-electron chi connectivity index (χ0n) is 19.2. The molecule has 0 atom stereocenters. The van der Waals surface area contributed by atoms with Crippen molar-refractivity contribution in [1.82, 2.24) is 0 Å². The van der Waals surface area contributed by atoms with Crippen LogP contribution in [0.2, 0.25) is 0 Å². The molecule has 184 valence electrons. The molecule has 0 fully saturated rings. The zero-order valence-corrected chi connectivity index (χ0v) is 20.8. The molecule has 0 aliphatic rings. The summed E-state index contributed by atoms with van der Waals surface area (Å²) in [5.74, 6) is -2.16. The summed E-state index contributed by atoms with van der Waals surface area (Å²) < 4.78 is 0.